The Kier molecular flexibility index (Phi) is 1.61. The van der Waals surface area contributed by atoms with Gasteiger partial charge in [0, 0.05) is 12.0 Å². The lowest BCUT2D eigenvalue weighted by atomic mass is 10.1. The molecule has 0 amide bonds. The van der Waals surface area contributed by atoms with E-state index in [-0.39, 0.29) is 17.8 Å². The molecule has 2 rings (SSSR count). The van der Waals surface area contributed by atoms with Crippen molar-refractivity contribution >= 4 is 0 Å². The number of rotatable bonds is 1. The van der Waals surface area contributed by atoms with Crippen LogP contribution in [0.3, 0.4) is 0 Å². The van der Waals surface area contributed by atoms with Gasteiger partial charge in [0.25, 0.3) is 0 Å². The van der Waals surface area contributed by atoms with E-state index in [2.05, 4.69) is 0 Å². The second-order valence-electron chi connectivity index (χ2n) is 3.17. The first-order chi connectivity index (χ1) is 5.68. The highest BCUT2D eigenvalue weighted by atomic mass is 19.1. The number of halogens is 2. The third-order valence-corrected chi connectivity index (χ3v) is 2.20. The van der Waals surface area contributed by atoms with Gasteiger partial charge in [-0.15, -0.1) is 0 Å². The SMILES string of the molecule is N[C@@H]1C[C@H]1c1cc(F)ccc1F. The standard InChI is InChI=1S/C9H9F2N/c10-5-1-2-8(11)6(3-5)7-4-9(7)12/h1-3,7,9H,4,12H2/t7-,9+/m0/s1. The lowest BCUT2D eigenvalue weighted by Gasteiger charge is -2.00. The summed E-state index contributed by atoms with van der Waals surface area (Å²) in [6.07, 6.45) is 0.764. The smallest absolute Gasteiger partial charge is 0.126 e. The summed E-state index contributed by atoms with van der Waals surface area (Å²) in [5.74, 6) is -0.722. The summed E-state index contributed by atoms with van der Waals surface area (Å²) in [4.78, 5) is 0. The van der Waals surface area contributed by atoms with Crippen LogP contribution in [0, 0.1) is 11.6 Å². The molecule has 1 aliphatic rings. The van der Waals surface area contributed by atoms with Gasteiger partial charge in [0.1, 0.15) is 11.6 Å². The van der Waals surface area contributed by atoms with E-state index in [9.17, 15) is 8.78 Å². The summed E-state index contributed by atoms with van der Waals surface area (Å²) >= 11 is 0. The maximum atomic E-state index is 13.0. The lowest BCUT2D eigenvalue weighted by molar-refractivity contribution is 0.584. The monoisotopic (exact) mass is 169 g/mol. The average Bonchev–Trinajstić information content (AvgIpc) is 2.73. The van der Waals surface area contributed by atoms with Crippen molar-refractivity contribution in [3.63, 3.8) is 0 Å². The minimum atomic E-state index is -0.398. The Morgan fingerprint density at radius 3 is 2.58 bits per heavy atom. The molecule has 64 valence electrons. The Bertz CT molecular complexity index is 311. The summed E-state index contributed by atoms with van der Waals surface area (Å²) < 4.78 is 25.7. The van der Waals surface area contributed by atoms with E-state index < -0.39 is 5.82 Å². The van der Waals surface area contributed by atoms with Crippen LogP contribution in [-0.2, 0) is 0 Å². The fraction of sp³-hybridized carbons (Fsp3) is 0.333. The zero-order valence-corrected chi connectivity index (χ0v) is 6.43. The van der Waals surface area contributed by atoms with Crippen molar-refractivity contribution in [1.29, 1.82) is 0 Å². The van der Waals surface area contributed by atoms with Gasteiger partial charge in [0.05, 0.1) is 0 Å². The van der Waals surface area contributed by atoms with Gasteiger partial charge in [-0.3, -0.25) is 0 Å². The van der Waals surface area contributed by atoms with Crippen LogP contribution in [-0.4, -0.2) is 6.04 Å². The van der Waals surface area contributed by atoms with E-state index in [4.69, 9.17) is 5.73 Å². The van der Waals surface area contributed by atoms with Crippen LogP contribution in [0.2, 0.25) is 0 Å². The van der Waals surface area contributed by atoms with Crippen molar-refractivity contribution in [2.75, 3.05) is 0 Å². The molecule has 2 atom stereocenters. The molecule has 0 saturated heterocycles. The minimum absolute atomic E-state index is 0.0151. The first-order valence-corrected chi connectivity index (χ1v) is 3.89. The number of hydrogen-bond acceptors (Lipinski definition) is 1. The minimum Gasteiger partial charge on any atom is -0.327 e. The van der Waals surface area contributed by atoms with E-state index >= 15 is 0 Å². The largest absolute Gasteiger partial charge is 0.327 e. The van der Waals surface area contributed by atoms with Gasteiger partial charge in [-0.05, 0) is 30.2 Å². The molecule has 0 aromatic heterocycles. The predicted molar refractivity (Wildman–Crippen MR) is 41.7 cm³/mol. The molecular weight excluding hydrogens is 160 g/mol. The lowest BCUT2D eigenvalue weighted by Crippen LogP contribution is -2.02. The molecule has 0 bridgehead atoms. The van der Waals surface area contributed by atoms with E-state index in [0.29, 0.717) is 5.56 Å². The summed E-state index contributed by atoms with van der Waals surface area (Å²) in [6, 6.07) is 3.51. The molecule has 0 aliphatic heterocycles. The van der Waals surface area contributed by atoms with Gasteiger partial charge >= 0.3 is 0 Å². The van der Waals surface area contributed by atoms with Gasteiger partial charge in [-0.25, -0.2) is 8.78 Å². The molecule has 1 aromatic carbocycles. The molecule has 1 aliphatic carbocycles. The van der Waals surface area contributed by atoms with Crippen molar-refractivity contribution in [3.8, 4) is 0 Å². The summed E-state index contributed by atoms with van der Waals surface area (Å²) in [5, 5.41) is 0. The number of nitrogens with two attached hydrogens (primary N) is 1. The Hall–Kier alpha value is -0.960. The number of benzene rings is 1. The fourth-order valence-corrected chi connectivity index (χ4v) is 1.37. The molecular formula is C9H9F2N. The van der Waals surface area contributed by atoms with Crippen molar-refractivity contribution in [3.05, 3.63) is 35.4 Å². The van der Waals surface area contributed by atoms with Crippen LogP contribution in [0.15, 0.2) is 18.2 Å². The van der Waals surface area contributed by atoms with E-state index in [1.165, 1.54) is 6.07 Å². The fourth-order valence-electron chi connectivity index (χ4n) is 1.37. The third-order valence-electron chi connectivity index (χ3n) is 2.20. The third kappa shape index (κ3) is 1.20. The second kappa shape index (κ2) is 2.52. The summed E-state index contributed by atoms with van der Waals surface area (Å²) in [5.41, 5.74) is 5.95. The maximum Gasteiger partial charge on any atom is 0.126 e. The van der Waals surface area contributed by atoms with Crippen LogP contribution in [0.1, 0.15) is 17.9 Å². The molecule has 0 radical (unpaired) electrons. The molecule has 12 heavy (non-hydrogen) atoms. The zero-order valence-electron chi connectivity index (χ0n) is 6.43. The highest BCUT2D eigenvalue weighted by molar-refractivity contribution is 5.29. The first-order valence-electron chi connectivity index (χ1n) is 3.89. The molecule has 0 heterocycles. The maximum absolute atomic E-state index is 13.0. The van der Waals surface area contributed by atoms with Crippen LogP contribution in [0.5, 0.6) is 0 Å². The Balaban J connectivity index is 2.36. The Morgan fingerprint density at radius 2 is 2.00 bits per heavy atom. The van der Waals surface area contributed by atoms with E-state index in [0.717, 1.165) is 18.6 Å². The summed E-state index contributed by atoms with van der Waals surface area (Å²) in [6.45, 7) is 0. The molecule has 0 spiro atoms. The van der Waals surface area contributed by atoms with Crippen molar-refractivity contribution < 1.29 is 8.78 Å². The molecule has 1 aromatic rings. The number of hydrogen-bond donors (Lipinski definition) is 1. The molecule has 1 nitrogen and oxygen atoms in total. The van der Waals surface area contributed by atoms with Crippen molar-refractivity contribution in [2.45, 2.75) is 18.4 Å². The normalized spacial score (nSPS) is 27.2. The Morgan fingerprint density at radius 1 is 1.33 bits per heavy atom. The van der Waals surface area contributed by atoms with Crippen LogP contribution < -0.4 is 5.73 Å². The van der Waals surface area contributed by atoms with Gasteiger partial charge < -0.3 is 5.73 Å². The highest BCUT2D eigenvalue weighted by Gasteiger charge is 2.36. The molecule has 0 unspecified atom stereocenters. The zero-order chi connectivity index (χ0) is 8.72. The highest BCUT2D eigenvalue weighted by Crippen LogP contribution is 2.40. The molecule has 1 fully saturated rings. The van der Waals surface area contributed by atoms with Crippen LogP contribution >= 0.6 is 0 Å². The second-order valence-corrected chi connectivity index (χ2v) is 3.17. The predicted octanol–water partition coefficient (Wildman–Crippen LogP) is 1.78. The first kappa shape index (κ1) is 7.68. The molecule has 1 saturated carbocycles. The van der Waals surface area contributed by atoms with Crippen molar-refractivity contribution in [2.24, 2.45) is 5.73 Å². The van der Waals surface area contributed by atoms with E-state index in [1.807, 2.05) is 0 Å². The topological polar surface area (TPSA) is 26.0 Å². The van der Waals surface area contributed by atoms with Gasteiger partial charge in [-0.1, -0.05) is 0 Å². The van der Waals surface area contributed by atoms with Gasteiger partial charge in [0.15, 0.2) is 0 Å². The molecule has 2 N–H and O–H groups in total. The Labute approximate surface area is 69.2 Å². The van der Waals surface area contributed by atoms with Gasteiger partial charge in [-0.2, -0.15) is 0 Å². The average molecular weight is 169 g/mol. The van der Waals surface area contributed by atoms with Crippen molar-refractivity contribution in [1.82, 2.24) is 0 Å². The quantitative estimate of drug-likeness (QED) is 0.681. The summed E-state index contributed by atoms with van der Waals surface area (Å²) in [7, 11) is 0. The van der Waals surface area contributed by atoms with Crippen LogP contribution in [0.25, 0.3) is 0 Å². The van der Waals surface area contributed by atoms with Crippen LogP contribution in [0.4, 0.5) is 8.78 Å². The molecule has 3 heteroatoms. The van der Waals surface area contributed by atoms with E-state index in [1.54, 1.807) is 0 Å². The van der Waals surface area contributed by atoms with Gasteiger partial charge in [0.2, 0.25) is 0 Å².